The van der Waals surface area contributed by atoms with Crippen molar-refractivity contribution in [1.29, 1.82) is 0 Å². The van der Waals surface area contributed by atoms with Gasteiger partial charge < -0.3 is 4.90 Å². The van der Waals surface area contributed by atoms with Gasteiger partial charge in [-0.2, -0.15) is 0 Å². The number of anilines is 1. The lowest BCUT2D eigenvalue weighted by atomic mass is 10.2. The Morgan fingerprint density at radius 3 is 2.58 bits per heavy atom. The van der Waals surface area contributed by atoms with Gasteiger partial charge in [0, 0.05) is 23.5 Å². The first kappa shape index (κ1) is 20.8. The maximum absolute atomic E-state index is 12.5. The van der Waals surface area contributed by atoms with E-state index in [2.05, 4.69) is 42.2 Å². The van der Waals surface area contributed by atoms with Crippen molar-refractivity contribution in [3.05, 3.63) is 64.6 Å². The zero-order valence-corrected chi connectivity index (χ0v) is 20.3. The van der Waals surface area contributed by atoms with Crippen LogP contribution < -0.4 is 4.90 Å². The molecule has 0 spiro atoms. The fraction of sp³-hybridized carbons (Fsp3) is 0.174. The molecule has 156 valence electrons. The SMILES string of the molecule is CCN1C(=O)/C(=C/C=C2/Sc3cc(-c4nc5ccccc5s4)ccc3N2CC)SC1=S. The van der Waals surface area contributed by atoms with E-state index in [4.69, 9.17) is 17.2 Å². The van der Waals surface area contributed by atoms with Crippen LogP contribution in [0.4, 0.5) is 5.69 Å². The van der Waals surface area contributed by atoms with Crippen molar-refractivity contribution in [2.75, 3.05) is 18.0 Å². The number of hydrogen-bond acceptors (Lipinski definition) is 7. The highest BCUT2D eigenvalue weighted by molar-refractivity contribution is 8.26. The van der Waals surface area contributed by atoms with Crippen molar-refractivity contribution >= 4 is 73.2 Å². The summed E-state index contributed by atoms with van der Waals surface area (Å²) in [5, 5.41) is 2.15. The van der Waals surface area contributed by atoms with Gasteiger partial charge in [0.1, 0.15) is 9.33 Å². The van der Waals surface area contributed by atoms with Crippen LogP contribution in [0.15, 0.2) is 69.4 Å². The summed E-state index contributed by atoms with van der Waals surface area (Å²) in [6, 6.07) is 14.8. The van der Waals surface area contributed by atoms with Crippen LogP contribution in [0.3, 0.4) is 0 Å². The normalized spacial score (nSPS) is 18.8. The van der Waals surface area contributed by atoms with E-state index in [0.717, 1.165) is 27.7 Å². The minimum absolute atomic E-state index is 0.00367. The number of aromatic nitrogens is 1. The number of carbonyl (C=O) groups is 1. The summed E-state index contributed by atoms with van der Waals surface area (Å²) in [5.41, 5.74) is 3.36. The first-order valence-electron chi connectivity index (χ1n) is 10.00. The molecule has 0 bridgehead atoms. The molecule has 3 aromatic rings. The second kappa shape index (κ2) is 8.43. The zero-order valence-electron chi connectivity index (χ0n) is 17.0. The quantitative estimate of drug-likeness (QED) is 0.313. The van der Waals surface area contributed by atoms with E-state index >= 15 is 0 Å². The van der Waals surface area contributed by atoms with Gasteiger partial charge in [-0.05, 0) is 56.3 Å². The molecule has 0 aliphatic carbocycles. The molecular weight excluding hydrogens is 463 g/mol. The number of thiocarbonyl (C=S) groups is 1. The number of thioether (sulfide) groups is 2. The highest BCUT2D eigenvalue weighted by Crippen LogP contribution is 2.48. The lowest BCUT2D eigenvalue weighted by Crippen LogP contribution is -2.27. The molecule has 31 heavy (non-hydrogen) atoms. The number of fused-ring (bicyclic) bond motifs is 2. The fourth-order valence-corrected chi connectivity index (χ4v) is 7.07. The summed E-state index contributed by atoms with van der Waals surface area (Å²) in [6.45, 7) is 5.55. The van der Waals surface area contributed by atoms with Gasteiger partial charge >= 0.3 is 0 Å². The molecule has 1 aromatic heterocycles. The predicted molar refractivity (Wildman–Crippen MR) is 138 cm³/mol. The molecule has 0 radical (unpaired) electrons. The lowest BCUT2D eigenvalue weighted by molar-refractivity contribution is -0.122. The zero-order chi connectivity index (χ0) is 21.5. The number of nitrogens with zero attached hydrogens (tertiary/aromatic N) is 3. The predicted octanol–water partition coefficient (Wildman–Crippen LogP) is 6.50. The molecule has 8 heteroatoms. The number of rotatable bonds is 4. The highest BCUT2D eigenvalue weighted by Gasteiger charge is 2.31. The number of allylic oxidation sites excluding steroid dienone is 2. The molecule has 1 saturated heterocycles. The first-order valence-corrected chi connectivity index (χ1v) is 12.9. The van der Waals surface area contributed by atoms with E-state index in [0.29, 0.717) is 15.8 Å². The third-order valence-corrected chi connectivity index (χ3v) is 8.75. The standard InChI is InChI=1S/C23H19N3OS4/c1-3-25-16-10-9-14(21-24-15-7-5-6-8-17(15)30-21)13-19(16)29-20(25)12-11-18-22(27)26(4-2)23(28)31-18/h5-13H,3-4H2,1-2H3/b18-11-,20-12+. The average molecular weight is 482 g/mol. The number of likely N-dealkylation sites (N-methyl/N-ethyl adjacent to an activating group) is 1. The van der Waals surface area contributed by atoms with Gasteiger partial charge in [0.2, 0.25) is 0 Å². The van der Waals surface area contributed by atoms with E-state index in [1.54, 1.807) is 28.0 Å². The molecule has 4 nitrogen and oxygen atoms in total. The van der Waals surface area contributed by atoms with Gasteiger partial charge in [0.15, 0.2) is 0 Å². The van der Waals surface area contributed by atoms with Gasteiger partial charge in [-0.15, -0.1) is 11.3 Å². The van der Waals surface area contributed by atoms with Crippen molar-refractivity contribution in [3.63, 3.8) is 0 Å². The molecule has 2 aromatic carbocycles. The highest BCUT2D eigenvalue weighted by atomic mass is 32.2. The molecule has 0 saturated carbocycles. The van der Waals surface area contributed by atoms with Gasteiger partial charge in [0.25, 0.3) is 5.91 Å². The van der Waals surface area contributed by atoms with Crippen molar-refractivity contribution in [3.8, 4) is 10.6 Å². The van der Waals surface area contributed by atoms with Crippen molar-refractivity contribution < 1.29 is 4.79 Å². The summed E-state index contributed by atoms with van der Waals surface area (Å²) in [5.74, 6) is -0.00367. The van der Waals surface area contributed by atoms with Crippen LogP contribution in [0.2, 0.25) is 0 Å². The fourth-order valence-electron chi connectivity index (χ4n) is 3.62. The molecule has 3 heterocycles. The largest absolute Gasteiger partial charge is 0.335 e. The van der Waals surface area contributed by atoms with Crippen molar-refractivity contribution in [2.24, 2.45) is 0 Å². The Morgan fingerprint density at radius 2 is 1.84 bits per heavy atom. The Labute approximate surface area is 199 Å². The molecule has 0 unspecified atom stereocenters. The number of hydrogen-bond donors (Lipinski definition) is 0. The number of thiazole rings is 1. The third-order valence-electron chi connectivity index (χ3n) is 5.16. The maximum atomic E-state index is 12.5. The monoisotopic (exact) mass is 481 g/mol. The second-order valence-electron chi connectivity index (χ2n) is 6.97. The smallest absolute Gasteiger partial charge is 0.266 e. The molecule has 1 amide bonds. The van der Waals surface area contributed by atoms with E-state index < -0.39 is 0 Å². The number of carbonyl (C=O) groups excluding carboxylic acids is 1. The summed E-state index contributed by atoms with van der Waals surface area (Å²) >= 11 is 10.1. The first-order chi connectivity index (χ1) is 15.1. The van der Waals surface area contributed by atoms with Crippen LogP contribution in [0, 0.1) is 0 Å². The van der Waals surface area contributed by atoms with Crippen LogP contribution in [0.5, 0.6) is 0 Å². The van der Waals surface area contributed by atoms with Gasteiger partial charge in [0.05, 0.1) is 25.8 Å². The van der Waals surface area contributed by atoms with Gasteiger partial charge in [-0.3, -0.25) is 9.69 Å². The maximum Gasteiger partial charge on any atom is 0.266 e. The van der Waals surface area contributed by atoms with Crippen LogP contribution >= 0.6 is 47.1 Å². The third kappa shape index (κ3) is 3.71. The summed E-state index contributed by atoms with van der Waals surface area (Å²) in [7, 11) is 0. The Balaban J connectivity index is 1.45. The summed E-state index contributed by atoms with van der Waals surface area (Å²) in [6.07, 6.45) is 3.94. The van der Waals surface area contributed by atoms with Gasteiger partial charge in [-0.25, -0.2) is 4.98 Å². The van der Waals surface area contributed by atoms with E-state index in [1.807, 2.05) is 31.2 Å². The topological polar surface area (TPSA) is 36.4 Å². The van der Waals surface area contributed by atoms with Gasteiger partial charge in [-0.1, -0.05) is 47.9 Å². The molecule has 0 N–H and O–H groups in total. The molecule has 2 aliphatic heterocycles. The molecule has 0 atom stereocenters. The van der Waals surface area contributed by atoms with Crippen molar-refractivity contribution in [1.82, 2.24) is 9.88 Å². The second-order valence-corrected chi connectivity index (χ2v) is 10.7. The summed E-state index contributed by atoms with van der Waals surface area (Å²) < 4.78 is 1.83. The number of benzene rings is 2. The molecule has 1 fully saturated rings. The summed E-state index contributed by atoms with van der Waals surface area (Å²) in [4.78, 5) is 23.1. The Hall–Kier alpha value is -2.13. The van der Waals surface area contributed by atoms with Crippen LogP contribution in [-0.4, -0.2) is 33.2 Å². The lowest BCUT2D eigenvalue weighted by Gasteiger charge is -2.17. The van der Waals surface area contributed by atoms with Crippen LogP contribution in [-0.2, 0) is 4.79 Å². The molecular formula is C23H19N3OS4. The molecule has 2 aliphatic rings. The van der Waals surface area contributed by atoms with E-state index in [-0.39, 0.29) is 5.91 Å². The molecule has 5 rings (SSSR count). The Kier molecular flexibility index (Phi) is 5.64. The van der Waals surface area contributed by atoms with E-state index in [1.165, 1.54) is 27.0 Å². The minimum Gasteiger partial charge on any atom is -0.335 e. The number of para-hydroxylation sites is 1. The minimum atomic E-state index is -0.00367. The average Bonchev–Trinajstić information content (AvgIpc) is 3.44. The van der Waals surface area contributed by atoms with E-state index in [9.17, 15) is 4.79 Å². The van der Waals surface area contributed by atoms with Crippen molar-refractivity contribution in [2.45, 2.75) is 18.7 Å². The van der Waals surface area contributed by atoms with Crippen LogP contribution in [0.1, 0.15) is 13.8 Å². The number of amides is 1. The van der Waals surface area contributed by atoms with Crippen LogP contribution in [0.25, 0.3) is 20.8 Å². The Morgan fingerprint density at radius 1 is 1.03 bits per heavy atom. The Bertz CT molecular complexity index is 1240.